The highest BCUT2D eigenvalue weighted by Gasteiger charge is 2.34. The van der Waals surface area contributed by atoms with E-state index in [0.29, 0.717) is 6.54 Å². The van der Waals surface area contributed by atoms with Gasteiger partial charge in [0.25, 0.3) is 0 Å². The summed E-state index contributed by atoms with van der Waals surface area (Å²) in [6, 6.07) is 4.01. The summed E-state index contributed by atoms with van der Waals surface area (Å²) in [5, 5.41) is 12.7. The van der Waals surface area contributed by atoms with Crippen molar-refractivity contribution in [2.75, 3.05) is 24.6 Å². The van der Waals surface area contributed by atoms with Crippen LogP contribution in [0.25, 0.3) is 0 Å². The third kappa shape index (κ3) is 5.06. The van der Waals surface area contributed by atoms with Crippen molar-refractivity contribution in [2.45, 2.75) is 46.6 Å². The predicted octanol–water partition coefficient (Wildman–Crippen LogP) is 2.65. The second-order valence-electron chi connectivity index (χ2n) is 7.10. The summed E-state index contributed by atoms with van der Waals surface area (Å²) in [5.74, 6) is 0.901. The Bertz CT molecular complexity index is 579. The van der Waals surface area contributed by atoms with E-state index in [1.165, 1.54) is 12.5 Å². The molecule has 0 saturated carbocycles. The number of nitrogens with one attached hydrogen (secondary N) is 1. The van der Waals surface area contributed by atoms with E-state index in [9.17, 15) is 9.90 Å². The number of amides is 1. The summed E-state index contributed by atoms with van der Waals surface area (Å²) in [5.41, 5.74) is 2.20. The smallest absolute Gasteiger partial charge is 0.217 e. The second kappa shape index (κ2) is 8.29. The highest BCUT2D eigenvalue weighted by Crippen LogP contribution is 2.35. The zero-order chi connectivity index (χ0) is 17.6. The minimum Gasteiger partial charge on any atom is -0.396 e. The first kappa shape index (κ1) is 18.5. The summed E-state index contributed by atoms with van der Waals surface area (Å²) in [7, 11) is 0. The maximum Gasteiger partial charge on any atom is 0.217 e. The van der Waals surface area contributed by atoms with E-state index < -0.39 is 0 Å². The van der Waals surface area contributed by atoms with Crippen LogP contribution in [0.5, 0.6) is 0 Å². The van der Waals surface area contributed by atoms with Crippen LogP contribution in [0.1, 0.15) is 45.6 Å². The molecule has 24 heavy (non-hydrogen) atoms. The van der Waals surface area contributed by atoms with E-state index in [1.807, 2.05) is 18.3 Å². The molecule has 0 bridgehead atoms. The Morgan fingerprint density at radius 2 is 2.21 bits per heavy atom. The molecule has 5 heteroatoms. The molecule has 5 nitrogen and oxygen atoms in total. The fourth-order valence-corrected chi connectivity index (χ4v) is 3.12. The lowest BCUT2D eigenvalue weighted by Crippen LogP contribution is -2.45. The van der Waals surface area contributed by atoms with Gasteiger partial charge in [-0.25, -0.2) is 4.98 Å². The molecule has 0 spiro atoms. The summed E-state index contributed by atoms with van der Waals surface area (Å²) < 4.78 is 0. The Hall–Kier alpha value is -1.88. The number of aliphatic hydroxyl groups excluding tert-OH is 1. The Morgan fingerprint density at radius 3 is 2.79 bits per heavy atom. The van der Waals surface area contributed by atoms with Crippen molar-refractivity contribution in [2.24, 2.45) is 5.41 Å². The first-order chi connectivity index (χ1) is 11.4. The van der Waals surface area contributed by atoms with E-state index in [-0.39, 0.29) is 17.9 Å². The first-order valence-corrected chi connectivity index (χ1v) is 8.63. The predicted molar refractivity (Wildman–Crippen MR) is 96.8 cm³/mol. The van der Waals surface area contributed by atoms with Crippen molar-refractivity contribution >= 4 is 11.7 Å². The molecular formula is C19H29N3O2. The van der Waals surface area contributed by atoms with Gasteiger partial charge in [-0.15, -0.1) is 0 Å². The summed E-state index contributed by atoms with van der Waals surface area (Å²) in [4.78, 5) is 17.8. The van der Waals surface area contributed by atoms with Gasteiger partial charge in [-0.3, -0.25) is 4.79 Å². The lowest BCUT2D eigenvalue weighted by Gasteiger charge is -2.42. The number of hydrogen-bond acceptors (Lipinski definition) is 4. The monoisotopic (exact) mass is 331 g/mol. The number of aromatic nitrogens is 1. The van der Waals surface area contributed by atoms with Gasteiger partial charge in [0.2, 0.25) is 5.91 Å². The van der Waals surface area contributed by atoms with Crippen molar-refractivity contribution in [3.8, 4) is 0 Å². The maximum absolute atomic E-state index is 11.0. The highest BCUT2D eigenvalue weighted by atomic mass is 16.3. The molecule has 1 aromatic heterocycles. The average Bonchev–Trinajstić information content (AvgIpc) is 2.59. The zero-order valence-electron chi connectivity index (χ0n) is 15.0. The second-order valence-corrected chi connectivity index (χ2v) is 7.10. The molecule has 1 amide bonds. The Kier molecular flexibility index (Phi) is 6.37. The van der Waals surface area contributed by atoms with Crippen LogP contribution in [-0.2, 0) is 11.3 Å². The molecule has 2 heterocycles. The van der Waals surface area contributed by atoms with Gasteiger partial charge < -0.3 is 15.3 Å². The number of piperidine rings is 1. The molecule has 0 radical (unpaired) electrons. The van der Waals surface area contributed by atoms with Crippen LogP contribution in [0.3, 0.4) is 0 Å². The van der Waals surface area contributed by atoms with Gasteiger partial charge >= 0.3 is 0 Å². The lowest BCUT2D eigenvalue weighted by molar-refractivity contribution is -0.119. The van der Waals surface area contributed by atoms with Crippen LogP contribution in [0.4, 0.5) is 5.82 Å². The molecule has 0 unspecified atom stereocenters. The molecular weight excluding hydrogens is 302 g/mol. The van der Waals surface area contributed by atoms with E-state index >= 15 is 0 Å². The van der Waals surface area contributed by atoms with Crippen molar-refractivity contribution in [1.29, 1.82) is 0 Å². The Balaban J connectivity index is 2.05. The molecule has 1 saturated heterocycles. The van der Waals surface area contributed by atoms with Gasteiger partial charge in [0.15, 0.2) is 0 Å². The van der Waals surface area contributed by atoms with E-state index in [4.69, 9.17) is 0 Å². The fourth-order valence-electron chi connectivity index (χ4n) is 3.12. The van der Waals surface area contributed by atoms with Gasteiger partial charge in [-0.05, 0) is 44.7 Å². The number of carbonyl (C=O) groups excluding carboxylic acids is 1. The molecule has 132 valence electrons. The summed E-state index contributed by atoms with van der Waals surface area (Å²) in [6.07, 6.45) is 7.06. The van der Waals surface area contributed by atoms with E-state index in [2.05, 4.69) is 35.1 Å². The first-order valence-electron chi connectivity index (χ1n) is 8.63. The third-order valence-electron chi connectivity index (χ3n) is 4.61. The molecule has 0 aromatic carbocycles. The highest BCUT2D eigenvalue weighted by molar-refractivity contribution is 5.72. The molecule has 1 aliphatic heterocycles. The maximum atomic E-state index is 11.0. The molecule has 1 fully saturated rings. The number of anilines is 1. The number of rotatable bonds is 6. The summed E-state index contributed by atoms with van der Waals surface area (Å²) in [6.45, 7) is 8.20. The molecule has 1 aliphatic rings. The van der Waals surface area contributed by atoms with Crippen molar-refractivity contribution in [1.82, 2.24) is 10.3 Å². The number of hydrogen-bond donors (Lipinski definition) is 2. The van der Waals surface area contributed by atoms with Crippen LogP contribution < -0.4 is 10.2 Å². The number of nitrogens with zero attached hydrogens (tertiary/aromatic N) is 2. The van der Waals surface area contributed by atoms with Crippen molar-refractivity contribution in [3.63, 3.8) is 0 Å². The quantitative estimate of drug-likeness (QED) is 0.787. The Labute approximate surface area is 144 Å². The van der Waals surface area contributed by atoms with Crippen LogP contribution in [0.2, 0.25) is 0 Å². The van der Waals surface area contributed by atoms with Gasteiger partial charge in [-0.2, -0.15) is 0 Å². The van der Waals surface area contributed by atoms with Gasteiger partial charge in [-0.1, -0.05) is 17.7 Å². The largest absolute Gasteiger partial charge is 0.396 e. The third-order valence-corrected chi connectivity index (χ3v) is 4.61. The van der Waals surface area contributed by atoms with Crippen LogP contribution in [-0.4, -0.2) is 35.7 Å². The van der Waals surface area contributed by atoms with Crippen LogP contribution >= 0.6 is 0 Å². The molecule has 2 rings (SSSR count). The summed E-state index contributed by atoms with van der Waals surface area (Å²) >= 11 is 0. The Morgan fingerprint density at radius 1 is 1.42 bits per heavy atom. The van der Waals surface area contributed by atoms with Crippen molar-refractivity contribution < 1.29 is 9.90 Å². The standard InChI is InChI=1S/C19H29N3O2/c1-15(2)7-9-19(14-23)8-4-10-22(13-19)18-6-5-17(12-21-18)11-20-16(3)24/h5-7,12,23H,4,8-11,13-14H2,1-3H3,(H,20,24)/t19-/m1/s1. The van der Waals surface area contributed by atoms with E-state index in [0.717, 1.165) is 43.7 Å². The fraction of sp³-hybridized carbons (Fsp3) is 0.579. The minimum absolute atomic E-state index is 0.0397. The van der Waals surface area contributed by atoms with Gasteiger partial charge in [0, 0.05) is 38.2 Å². The molecule has 2 N–H and O–H groups in total. The number of aliphatic hydroxyl groups is 1. The van der Waals surface area contributed by atoms with Gasteiger partial charge in [0.1, 0.15) is 5.82 Å². The van der Waals surface area contributed by atoms with E-state index in [1.54, 1.807) is 0 Å². The van der Waals surface area contributed by atoms with Crippen LogP contribution in [0, 0.1) is 5.41 Å². The number of carbonyl (C=O) groups is 1. The lowest BCUT2D eigenvalue weighted by atomic mass is 9.77. The van der Waals surface area contributed by atoms with Gasteiger partial charge in [0.05, 0.1) is 6.61 Å². The number of pyridine rings is 1. The minimum atomic E-state index is -0.0773. The molecule has 1 atom stereocenters. The molecule has 0 aliphatic carbocycles. The zero-order valence-corrected chi connectivity index (χ0v) is 15.0. The average molecular weight is 331 g/mol. The molecule has 1 aromatic rings. The van der Waals surface area contributed by atoms with Crippen LogP contribution in [0.15, 0.2) is 30.0 Å². The topological polar surface area (TPSA) is 65.5 Å². The number of allylic oxidation sites excluding steroid dienone is 2. The van der Waals surface area contributed by atoms with Crippen molar-refractivity contribution in [3.05, 3.63) is 35.5 Å². The SMILES string of the molecule is CC(=O)NCc1ccc(N2CCC[C@@](CO)(CC=C(C)C)C2)nc1. The normalized spacial score (nSPS) is 20.6.